The van der Waals surface area contributed by atoms with E-state index in [0.717, 1.165) is 17.8 Å². The van der Waals surface area contributed by atoms with Crippen LogP contribution >= 0.6 is 0 Å². The number of benzene rings is 1. The van der Waals surface area contributed by atoms with Gasteiger partial charge in [-0.25, -0.2) is 4.39 Å². The molecule has 1 heterocycles. The fourth-order valence-electron chi connectivity index (χ4n) is 1.52. The number of carbonyl (C=O) groups excluding carboxylic acids is 1. The van der Waals surface area contributed by atoms with Crippen LogP contribution in [-0.4, -0.2) is 10.9 Å². The number of hydrogen-bond acceptors (Lipinski definition) is 3. The van der Waals surface area contributed by atoms with E-state index in [9.17, 15) is 9.18 Å². The van der Waals surface area contributed by atoms with Crippen molar-refractivity contribution in [1.29, 1.82) is 0 Å². The molecule has 0 aliphatic rings. The van der Waals surface area contributed by atoms with E-state index in [2.05, 4.69) is 10.3 Å². The molecule has 2 rings (SSSR count). The summed E-state index contributed by atoms with van der Waals surface area (Å²) >= 11 is 0. The lowest BCUT2D eigenvalue weighted by Crippen LogP contribution is -2.23. The first-order valence-corrected chi connectivity index (χ1v) is 5.38. The minimum atomic E-state index is -0.536. The monoisotopic (exact) mass is 245 g/mol. The quantitative estimate of drug-likeness (QED) is 0.809. The molecule has 0 bridgehead atoms. The average molecular weight is 245 g/mol. The van der Waals surface area contributed by atoms with Crippen molar-refractivity contribution in [2.45, 2.75) is 6.54 Å². The van der Waals surface area contributed by atoms with Crippen LogP contribution in [0.15, 0.2) is 42.7 Å². The number of nitrogens with one attached hydrogen (secondary N) is 1. The van der Waals surface area contributed by atoms with Gasteiger partial charge in [-0.2, -0.15) is 0 Å². The summed E-state index contributed by atoms with van der Waals surface area (Å²) in [5, 5.41) is 2.67. The molecule has 1 amide bonds. The van der Waals surface area contributed by atoms with Crippen LogP contribution in [0.4, 0.5) is 10.1 Å². The van der Waals surface area contributed by atoms with E-state index in [0.29, 0.717) is 12.2 Å². The summed E-state index contributed by atoms with van der Waals surface area (Å²) in [7, 11) is 0. The van der Waals surface area contributed by atoms with Gasteiger partial charge in [-0.3, -0.25) is 9.78 Å². The first kappa shape index (κ1) is 12.0. The van der Waals surface area contributed by atoms with Crippen LogP contribution in [0.25, 0.3) is 0 Å². The molecule has 0 radical (unpaired) electrons. The van der Waals surface area contributed by atoms with E-state index in [1.165, 1.54) is 6.20 Å². The Balaban J connectivity index is 2.00. The number of nitrogens with two attached hydrogens (primary N) is 1. The Hall–Kier alpha value is -2.43. The minimum Gasteiger partial charge on any atom is -0.399 e. The molecule has 92 valence electrons. The van der Waals surface area contributed by atoms with Crippen molar-refractivity contribution in [3.8, 4) is 0 Å². The number of amides is 1. The molecule has 2 aromatic rings. The van der Waals surface area contributed by atoms with Gasteiger partial charge in [0.15, 0.2) is 0 Å². The summed E-state index contributed by atoms with van der Waals surface area (Å²) in [6.07, 6.45) is 2.37. The number of carbonyl (C=O) groups is 1. The number of anilines is 1. The van der Waals surface area contributed by atoms with E-state index in [1.807, 2.05) is 6.07 Å². The lowest BCUT2D eigenvalue weighted by Gasteiger charge is -2.05. The van der Waals surface area contributed by atoms with Crippen molar-refractivity contribution < 1.29 is 9.18 Å². The number of rotatable bonds is 3. The first-order chi connectivity index (χ1) is 8.65. The van der Waals surface area contributed by atoms with Crippen LogP contribution in [-0.2, 0) is 6.54 Å². The Bertz CT molecular complexity index is 572. The van der Waals surface area contributed by atoms with Gasteiger partial charge in [-0.1, -0.05) is 12.1 Å². The Morgan fingerprint density at radius 1 is 1.33 bits per heavy atom. The standard InChI is InChI=1S/C13H12FN3O/c14-11-5-10(7-16-8-11)13(18)17-6-9-2-1-3-12(15)4-9/h1-5,7-8H,6,15H2,(H,17,18). The Morgan fingerprint density at radius 2 is 2.17 bits per heavy atom. The summed E-state index contributed by atoms with van der Waals surface area (Å²) in [5.41, 5.74) is 7.33. The smallest absolute Gasteiger partial charge is 0.253 e. The highest BCUT2D eigenvalue weighted by atomic mass is 19.1. The van der Waals surface area contributed by atoms with Gasteiger partial charge in [0.2, 0.25) is 0 Å². The predicted octanol–water partition coefficient (Wildman–Crippen LogP) is 1.73. The number of hydrogen-bond donors (Lipinski definition) is 2. The van der Waals surface area contributed by atoms with Gasteiger partial charge in [0.1, 0.15) is 5.82 Å². The zero-order chi connectivity index (χ0) is 13.0. The van der Waals surface area contributed by atoms with E-state index in [1.54, 1.807) is 18.2 Å². The van der Waals surface area contributed by atoms with Crippen LogP contribution in [0.2, 0.25) is 0 Å². The molecule has 0 atom stereocenters. The zero-order valence-electron chi connectivity index (χ0n) is 9.56. The molecule has 3 N–H and O–H groups in total. The van der Waals surface area contributed by atoms with Crippen LogP contribution < -0.4 is 11.1 Å². The average Bonchev–Trinajstić information content (AvgIpc) is 2.36. The van der Waals surface area contributed by atoms with Gasteiger partial charge in [0, 0.05) is 18.4 Å². The largest absolute Gasteiger partial charge is 0.399 e. The van der Waals surface area contributed by atoms with Crippen molar-refractivity contribution in [3.05, 3.63) is 59.7 Å². The molecule has 5 heteroatoms. The second-order valence-corrected chi connectivity index (χ2v) is 3.82. The second kappa shape index (κ2) is 5.27. The summed E-state index contributed by atoms with van der Waals surface area (Å²) in [4.78, 5) is 15.3. The highest BCUT2D eigenvalue weighted by Crippen LogP contribution is 2.07. The highest BCUT2D eigenvalue weighted by Gasteiger charge is 2.06. The highest BCUT2D eigenvalue weighted by molar-refractivity contribution is 5.93. The fraction of sp³-hybridized carbons (Fsp3) is 0.0769. The third-order valence-corrected chi connectivity index (χ3v) is 2.37. The maximum atomic E-state index is 12.9. The molecular weight excluding hydrogens is 233 g/mol. The molecule has 0 aliphatic carbocycles. The number of nitrogen functional groups attached to an aromatic ring is 1. The molecule has 4 nitrogen and oxygen atoms in total. The molecule has 0 aliphatic heterocycles. The minimum absolute atomic E-state index is 0.193. The third kappa shape index (κ3) is 3.04. The molecule has 0 spiro atoms. The maximum absolute atomic E-state index is 12.9. The molecule has 0 fully saturated rings. The second-order valence-electron chi connectivity index (χ2n) is 3.82. The van der Waals surface area contributed by atoms with Crippen molar-refractivity contribution in [3.63, 3.8) is 0 Å². The van der Waals surface area contributed by atoms with Crippen molar-refractivity contribution in [2.75, 3.05) is 5.73 Å². The van der Waals surface area contributed by atoms with E-state index in [-0.39, 0.29) is 11.5 Å². The molecular formula is C13H12FN3O. The van der Waals surface area contributed by atoms with E-state index in [4.69, 9.17) is 5.73 Å². The van der Waals surface area contributed by atoms with Crippen molar-refractivity contribution in [2.24, 2.45) is 0 Å². The van der Waals surface area contributed by atoms with Gasteiger partial charge in [0.25, 0.3) is 5.91 Å². The normalized spacial score (nSPS) is 10.1. The predicted molar refractivity (Wildman–Crippen MR) is 66.2 cm³/mol. The number of aromatic nitrogens is 1. The number of pyridine rings is 1. The van der Waals surface area contributed by atoms with Crippen molar-refractivity contribution >= 4 is 11.6 Å². The van der Waals surface area contributed by atoms with Gasteiger partial charge >= 0.3 is 0 Å². The molecule has 18 heavy (non-hydrogen) atoms. The molecule has 1 aromatic heterocycles. The van der Waals surface area contributed by atoms with Crippen LogP contribution in [0.3, 0.4) is 0 Å². The maximum Gasteiger partial charge on any atom is 0.253 e. The van der Waals surface area contributed by atoms with Crippen LogP contribution in [0.5, 0.6) is 0 Å². The fourth-order valence-corrected chi connectivity index (χ4v) is 1.52. The Labute approximate surface area is 104 Å². The number of nitrogens with zero attached hydrogens (tertiary/aromatic N) is 1. The van der Waals surface area contributed by atoms with Crippen LogP contribution in [0, 0.1) is 5.82 Å². The summed E-state index contributed by atoms with van der Waals surface area (Å²) in [6, 6.07) is 8.33. The molecule has 1 aromatic carbocycles. The summed E-state index contributed by atoms with van der Waals surface area (Å²) < 4.78 is 12.9. The number of halogens is 1. The van der Waals surface area contributed by atoms with Gasteiger partial charge in [-0.15, -0.1) is 0 Å². The van der Waals surface area contributed by atoms with Crippen LogP contribution in [0.1, 0.15) is 15.9 Å². The lowest BCUT2D eigenvalue weighted by atomic mass is 10.2. The molecule has 0 saturated carbocycles. The zero-order valence-corrected chi connectivity index (χ0v) is 9.56. The third-order valence-electron chi connectivity index (χ3n) is 2.37. The van der Waals surface area contributed by atoms with E-state index >= 15 is 0 Å². The molecule has 0 saturated heterocycles. The molecule has 0 unspecified atom stereocenters. The van der Waals surface area contributed by atoms with Gasteiger partial charge in [0.05, 0.1) is 11.8 Å². The summed E-state index contributed by atoms with van der Waals surface area (Å²) in [5.74, 6) is -0.906. The van der Waals surface area contributed by atoms with E-state index < -0.39 is 5.82 Å². The summed E-state index contributed by atoms with van der Waals surface area (Å²) in [6.45, 7) is 0.334. The lowest BCUT2D eigenvalue weighted by molar-refractivity contribution is 0.0950. The van der Waals surface area contributed by atoms with Crippen molar-refractivity contribution in [1.82, 2.24) is 10.3 Å². The Kier molecular flexibility index (Phi) is 3.52. The topological polar surface area (TPSA) is 68.0 Å². The SMILES string of the molecule is Nc1cccc(CNC(=O)c2cncc(F)c2)c1. The van der Waals surface area contributed by atoms with Gasteiger partial charge < -0.3 is 11.1 Å². The Morgan fingerprint density at radius 3 is 2.89 bits per heavy atom. The first-order valence-electron chi connectivity index (χ1n) is 5.38. The van der Waals surface area contributed by atoms with Gasteiger partial charge in [-0.05, 0) is 23.8 Å².